The number of hydrogen-bond acceptors (Lipinski definition) is 2. The maximum absolute atomic E-state index is 5.36. The first-order valence-corrected chi connectivity index (χ1v) is 10.0. The lowest BCUT2D eigenvalue weighted by molar-refractivity contribution is 0.314. The average Bonchev–Trinajstić information content (AvgIpc) is 2.61. The van der Waals surface area contributed by atoms with Crippen LogP contribution in [0, 0.1) is 5.92 Å². The Hall–Kier alpha value is -1.41. The van der Waals surface area contributed by atoms with Crippen LogP contribution in [0.2, 0.25) is 0 Å². The van der Waals surface area contributed by atoms with E-state index in [0.29, 0.717) is 12.5 Å². The summed E-state index contributed by atoms with van der Waals surface area (Å²) in [6.45, 7) is 6.91. The zero-order valence-corrected chi connectivity index (χ0v) is 17.1. The Morgan fingerprint density at radius 1 is 0.760 bits per heavy atom. The maximum Gasteiger partial charge on any atom is 0.162 e. The standard InChI is InChI=1S/C23H36OS/c1-4-6-7-8-9-10-11-12-13-14-15-16-17-18-19-20-21-22(3)23(25)24-5-2/h6-7,9-10,12-13,15-16,19-20,22H,4-5,8,11,14,17-18,21H2,1-3H3/b7-6-,10-9-,13-12-,16-15-,20-19+. The molecule has 1 atom stereocenters. The van der Waals surface area contributed by atoms with Gasteiger partial charge in [-0.15, -0.1) is 0 Å². The van der Waals surface area contributed by atoms with Crippen LogP contribution in [-0.2, 0) is 4.74 Å². The molecule has 0 aliphatic carbocycles. The van der Waals surface area contributed by atoms with E-state index in [2.05, 4.69) is 74.6 Å². The lowest BCUT2D eigenvalue weighted by atomic mass is 10.1. The summed E-state index contributed by atoms with van der Waals surface area (Å²) in [4.78, 5) is 0. The first kappa shape index (κ1) is 23.6. The van der Waals surface area contributed by atoms with Crippen molar-refractivity contribution < 1.29 is 4.74 Å². The van der Waals surface area contributed by atoms with Crippen LogP contribution in [0.25, 0.3) is 0 Å². The predicted molar refractivity (Wildman–Crippen MR) is 117 cm³/mol. The summed E-state index contributed by atoms with van der Waals surface area (Å²) in [7, 11) is 0. The van der Waals surface area contributed by atoms with Gasteiger partial charge in [0, 0.05) is 5.92 Å². The van der Waals surface area contributed by atoms with Gasteiger partial charge in [0.05, 0.1) is 6.61 Å². The molecule has 0 bridgehead atoms. The Bertz CT molecular complexity index is 455. The van der Waals surface area contributed by atoms with Gasteiger partial charge in [-0.1, -0.05) is 74.6 Å². The van der Waals surface area contributed by atoms with Crippen LogP contribution in [0.5, 0.6) is 0 Å². The third-order valence-electron chi connectivity index (χ3n) is 3.56. The Morgan fingerprint density at radius 2 is 1.24 bits per heavy atom. The fraction of sp³-hybridized carbons (Fsp3) is 0.522. The molecule has 0 aromatic heterocycles. The minimum Gasteiger partial charge on any atom is -0.487 e. The number of ether oxygens (including phenoxy) is 1. The Morgan fingerprint density at radius 3 is 1.76 bits per heavy atom. The lowest BCUT2D eigenvalue weighted by Gasteiger charge is -2.10. The van der Waals surface area contributed by atoms with Crippen molar-refractivity contribution in [3.8, 4) is 0 Å². The van der Waals surface area contributed by atoms with Crippen molar-refractivity contribution in [1.29, 1.82) is 0 Å². The molecular weight excluding hydrogens is 324 g/mol. The van der Waals surface area contributed by atoms with Crippen molar-refractivity contribution >= 4 is 17.3 Å². The van der Waals surface area contributed by atoms with E-state index >= 15 is 0 Å². The topological polar surface area (TPSA) is 9.23 Å². The second kappa shape index (κ2) is 18.9. The lowest BCUT2D eigenvalue weighted by Crippen LogP contribution is -2.11. The largest absolute Gasteiger partial charge is 0.487 e. The molecule has 1 nitrogen and oxygen atoms in total. The summed E-state index contributed by atoms with van der Waals surface area (Å²) < 4.78 is 5.36. The molecule has 140 valence electrons. The fourth-order valence-corrected chi connectivity index (χ4v) is 2.30. The monoisotopic (exact) mass is 360 g/mol. The average molecular weight is 361 g/mol. The molecule has 0 aliphatic heterocycles. The van der Waals surface area contributed by atoms with Crippen molar-refractivity contribution in [3.05, 3.63) is 60.8 Å². The van der Waals surface area contributed by atoms with Gasteiger partial charge in [-0.05, 0) is 64.1 Å². The minimum absolute atomic E-state index is 0.323. The van der Waals surface area contributed by atoms with Crippen LogP contribution < -0.4 is 0 Å². The number of allylic oxidation sites excluding steroid dienone is 10. The molecule has 0 amide bonds. The highest BCUT2D eigenvalue weighted by Crippen LogP contribution is 2.08. The van der Waals surface area contributed by atoms with Crippen LogP contribution in [0.15, 0.2) is 60.8 Å². The molecule has 0 saturated heterocycles. The summed E-state index contributed by atoms with van der Waals surface area (Å²) in [6, 6.07) is 0. The molecule has 25 heavy (non-hydrogen) atoms. The molecule has 0 N–H and O–H groups in total. The smallest absolute Gasteiger partial charge is 0.162 e. The van der Waals surface area contributed by atoms with Gasteiger partial charge in [0.25, 0.3) is 0 Å². The Kier molecular flexibility index (Phi) is 17.9. The summed E-state index contributed by atoms with van der Waals surface area (Å²) in [5.74, 6) is 0.323. The number of rotatable bonds is 14. The van der Waals surface area contributed by atoms with E-state index in [0.717, 1.165) is 50.0 Å². The fourth-order valence-electron chi connectivity index (χ4n) is 2.09. The molecule has 0 heterocycles. The van der Waals surface area contributed by atoms with E-state index in [1.165, 1.54) is 0 Å². The first-order chi connectivity index (χ1) is 12.2. The van der Waals surface area contributed by atoms with Crippen LogP contribution >= 0.6 is 12.2 Å². The molecule has 0 aliphatic rings. The zero-order valence-electron chi connectivity index (χ0n) is 16.3. The second-order valence-corrected chi connectivity index (χ2v) is 6.34. The molecule has 0 radical (unpaired) electrons. The van der Waals surface area contributed by atoms with Crippen molar-refractivity contribution in [2.75, 3.05) is 6.61 Å². The van der Waals surface area contributed by atoms with E-state index in [1.54, 1.807) is 0 Å². The van der Waals surface area contributed by atoms with Crippen LogP contribution in [0.3, 0.4) is 0 Å². The van der Waals surface area contributed by atoms with Gasteiger partial charge in [0.2, 0.25) is 0 Å². The van der Waals surface area contributed by atoms with E-state index in [-0.39, 0.29) is 0 Å². The van der Waals surface area contributed by atoms with E-state index in [9.17, 15) is 0 Å². The number of thiocarbonyl (C=S) groups is 1. The minimum atomic E-state index is 0.323. The van der Waals surface area contributed by atoms with Gasteiger partial charge in [0.1, 0.15) is 0 Å². The summed E-state index contributed by atoms with van der Waals surface area (Å²) in [6.07, 6.45) is 29.6. The molecule has 2 heteroatoms. The number of hydrogen-bond donors (Lipinski definition) is 0. The molecule has 0 aromatic carbocycles. The molecular formula is C23H36OS. The first-order valence-electron chi connectivity index (χ1n) is 9.63. The quantitative estimate of drug-likeness (QED) is 0.180. The Balaban J connectivity index is 3.60. The number of unbranched alkanes of at least 4 members (excludes halogenated alkanes) is 1. The highest BCUT2D eigenvalue weighted by Gasteiger charge is 2.06. The molecule has 0 spiro atoms. The summed E-state index contributed by atoms with van der Waals surface area (Å²) in [5, 5.41) is 0.728. The van der Waals surface area contributed by atoms with Crippen molar-refractivity contribution in [1.82, 2.24) is 0 Å². The van der Waals surface area contributed by atoms with Crippen molar-refractivity contribution in [3.63, 3.8) is 0 Å². The van der Waals surface area contributed by atoms with Crippen LogP contribution in [-0.4, -0.2) is 11.7 Å². The van der Waals surface area contributed by atoms with E-state index in [4.69, 9.17) is 17.0 Å². The van der Waals surface area contributed by atoms with Crippen LogP contribution in [0.1, 0.15) is 65.7 Å². The molecule has 0 rings (SSSR count). The molecule has 0 fully saturated rings. The molecule has 0 saturated carbocycles. The Labute approximate surface area is 161 Å². The highest BCUT2D eigenvalue weighted by atomic mass is 32.1. The summed E-state index contributed by atoms with van der Waals surface area (Å²) in [5.41, 5.74) is 0. The molecule has 1 unspecified atom stereocenters. The third kappa shape index (κ3) is 17.2. The highest BCUT2D eigenvalue weighted by molar-refractivity contribution is 7.80. The van der Waals surface area contributed by atoms with E-state index < -0.39 is 0 Å². The van der Waals surface area contributed by atoms with Gasteiger partial charge < -0.3 is 4.74 Å². The summed E-state index contributed by atoms with van der Waals surface area (Å²) >= 11 is 5.21. The predicted octanol–water partition coefficient (Wildman–Crippen LogP) is 7.52. The van der Waals surface area contributed by atoms with Gasteiger partial charge >= 0.3 is 0 Å². The van der Waals surface area contributed by atoms with Gasteiger partial charge in [-0.2, -0.15) is 0 Å². The van der Waals surface area contributed by atoms with Gasteiger partial charge in [0.15, 0.2) is 5.05 Å². The van der Waals surface area contributed by atoms with E-state index in [1.807, 2.05) is 6.92 Å². The van der Waals surface area contributed by atoms with Crippen molar-refractivity contribution in [2.45, 2.75) is 65.7 Å². The SMILES string of the molecule is CC/C=C\C/C=C\C/C=C\C/C=C\CC/C=C/CC(C)C(=S)OCC. The molecule has 0 aromatic rings. The van der Waals surface area contributed by atoms with Crippen molar-refractivity contribution in [2.24, 2.45) is 5.92 Å². The van der Waals surface area contributed by atoms with Gasteiger partial charge in [-0.25, -0.2) is 0 Å². The third-order valence-corrected chi connectivity index (χ3v) is 4.08. The zero-order chi connectivity index (χ0) is 18.6. The van der Waals surface area contributed by atoms with Crippen LogP contribution in [0.4, 0.5) is 0 Å². The van der Waals surface area contributed by atoms with Gasteiger partial charge in [-0.3, -0.25) is 0 Å². The normalized spacial score (nSPS) is 13.9. The second-order valence-electron chi connectivity index (χ2n) is 5.94. The maximum atomic E-state index is 5.36.